The third kappa shape index (κ3) is 6.23. The summed E-state index contributed by atoms with van der Waals surface area (Å²) in [6.45, 7) is 3.65. The van der Waals surface area contributed by atoms with Gasteiger partial charge >= 0.3 is 0 Å². The Bertz CT molecular complexity index is 2090. The molecule has 2 unspecified atom stereocenters. The zero-order chi connectivity index (χ0) is 32.2. The van der Waals surface area contributed by atoms with Crippen molar-refractivity contribution in [3.8, 4) is 11.3 Å². The van der Waals surface area contributed by atoms with Gasteiger partial charge in [0.15, 0.2) is 0 Å². The molecule has 4 nitrogen and oxygen atoms in total. The van der Waals surface area contributed by atoms with Crippen LogP contribution in [0.5, 0.6) is 0 Å². The van der Waals surface area contributed by atoms with Crippen molar-refractivity contribution >= 4 is 21.7 Å². The molecule has 5 aromatic carbocycles. The van der Waals surface area contributed by atoms with Crippen LogP contribution in [-0.2, 0) is 18.6 Å². The highest BCUT2D eigenvalue weighted by Gasteiger charge is 2.42. The van der Waals surface area contributed by atoms with E-state index in [4.69, 9.17) is 9.40 Å². The lowest BCUT2D eigenvalue weighted by atomic mass is 9.70. The van der Waals surface area contributed by atoms with Gasteiger partial charge in [0, 0.05) is 35.7 Å². The summed E-state index contributed by atoms with van der Waals surface area (Å²) < 4.78 is 5.75. The lowest BCUT2D eigenvalue weighted by Crippen LogP contribution is -2.38. The summed E-state index contributed by atoms with van der Waals surface area (Å²) in [4.78, 5) is 7.54. The average Bonchev–Trinajstić information content (AvgIpc) is 3.66. The number of pyridine rings is 1. The van der Waals surface area contributed by atoms with E-state index in [9.17, 15) is 5.11 Å². The van der Waals surface area contributed by atoms with Crippen molar-refractivity contribution in [2.45, 2.75) is 37.8 Å². The van der Waals surface area contributed by atoms with Gasteiger partial charge in [0.05, 0.1) is 11.8 Å². The number of aryl methyl sites for hydroxylation is 1. The fourth-order valence-corrected chi connectivity index (χ4v) is 7.09. The second kappa shape index (κ2) is 13.4. The summed E-state index contributed by atoms with van der Waals surface area (Å²) in [7, 11) is 2.14. The third-order valence-electron chi connectivity index (χ3n) is 9.42. The topological polar surface area (TPSA) is 49.5 Å². The predicted octanol–water partition coefficient (Wildman–Crippen LogP) is 9.75. The lowest BCUT2D eigenvalue weighted by Gasteiger charge is -2.40. The molecule has 0 saturated carbocycles. The number of hydrogen-bond donors (Lipinski definition) is 1. The third-order valence-corrected chi connectivity index (χ3v) is 9.42. The van der Waals surface area contributed by atoms with Crippen molar-refractivity contribution in [1.29, 1.82) is 0 Å². The first-order chi connectivity index (χ1) is 23.0. The van der Waals surface area contributed by atoms with Gasteiger partial charge in [-0.1, -0.05) is 110 Å². The lowest BCUT2D eigenvalue weighted by molar-refractivity contribution is 0.00347. The average molecular weight is 617 g/mol. The monoisotopic (exact) mass is 616 g/mol. The van der Waals surface area contributed by atoms with Gasteiger partial charge in [-0.25, -0.2) is 0 Å². The maximum atomic E-state index is 13.6. The summed E-state index contributed by atoms with van der Waals surface area (Å²) in [6, 6.07) is 48.2. The smallest absolute Gasteiger partial charge is 0.133 e. The standard InChI is InChI=1S/C43H40N2O2/c1-3-39-37(29-35-28-34(23-24-40(35)44-39)41-22-13-27-47-41)42(33-17-8-5-9-18-33)43(46,25-26-45(2)30-31-14-6-4-7-15-31)38-21-12-19-32-16-10-11-20-36(32)38/h4-24,27-29,42,46H,3,25-26,30H2,1-2H3. The SMILES string of the molecule is CCc1nc2ccc(-c3ccco3)cc2cc1C(c1ccccc1)C(O)(CCN(C)Cc1ccccc1)c1cccc2ccccc12. The molecule has 0 saturated heterocycles. The Morgan fingerprint density at radius 2 is 1.51 bits per heavy atom. The molecule has 2 heterocycles. The first kappa shape index (κ1) is 30.6. The minimum Gasteiger partial charge on any atom is -0.464 e. The first-order valence-electron chi connectivity index (χ1n) is 16.5. The van der Waals surface area contributed by atoms with Gasteiger partial charge in [0.1, 0.15) is 11.4 Å². The molecule has 4 heteroatoms. The number of benzene rings is 5. The van der Waals surface area contributed by atoms with E-state index in [1.54, 1.807) is 6.26 Å². The maximum Gasteiger partial charge on any atom is 0.133 e. The van der Waals surface area contributed by atoms with Gasteiger partial charge in [-0.3, -0.25) is 4.98 Å². The Morgan fingerprint density at radius 3 is 2.28 bits per heavy atom. The maximum absolute atomic E-state index is 13.6. The highest BCUT2D eigenvalue weighted by Crippen LogP contribution is 2.48. The molecule has 0 aliphatic carbocycles. The van der Waals surface area contributed by atoms with Crippen molar-refractivity contribution in [2.75, 3.05) is 13.6 Å². The molecular formula is C43H40N2O2. The largest absolute Gasteiger partial charge is 0.464 e. The summed E-state index contributed by atoms with van der Waals surface area (Å²) in [5.41, 5.74) is 5.97. The molecule has 0 aliphatic rings. The van der Waals surface area contributed by atoms with Crippen molar-refractivity contribution < 1.29 is 9.52 Å². The molecule has 2 atom stereocenters. The highest BCUT2D eigenvalue weighted by atomic mass is 16.3. The molecule has 0 aliphatic heterocycles. The normalized spacial score (nSPS) is 13.6. The van der Waals surface area contributed by atoms with Gasteiger partial charge in [0.25, 0.3) is 0 Å². The van der Waals surface area contributed by atoms with E-state index in [1.165, 1.54) is 5.56 Å². The second-order valence-electron chi connectivity index (χ2n) is 12.5. The zero-order valence-electron chi connectivity index (χ0n) is 27.0. The Hall–Kier alpha value is -5.03. The Morgan fingerprint density at radius 1 is 0.766 bits per heavy atom. The van der Waals surface area contributed by atoms with Crippen LogP contribution in [0.4, 0.5) is 0 Å². The minimum atomic E-state index is -1.26. The van der Waals surface area contributed by atoms with Gasteiger partial charge in [-0.2, -0.15) is 0 Å². The number of aliphatic hydroxyl groups is 1. The summed E-state index contributed by atoms with van der Waals surface area (Å²) in [6.07, 6.45) is 2.97. The Labute approximate surface area is 277 Å². The van der Waals surface area contributed by atoms with Gasteiger partial charge < -0.3 is 14.4 Å². The first-order valence-corrected chi connectivity index (χ1v) is 16.5. The van der Waals surface area contributed by atoms with E-state index in [1.807, 2.05) is 24.3 Å². The van der Waals surface area contributed by atoms with Crippen LogP contribution in [0.15, 0.2) is 150 Å². The molecule has 1 N–H and O–H groups in total. The van der Waals surface area contributed by atoms with Gasteiger partial charge in [-0.05, 0) is 89.3 Å². The van der Waals surface area contributed by atoms with E-state index < -0.39 is 5.60 Å². The summed E-state index contributed by atoms with van der Waals surface area (Å²) in [5, 5.41) is 16.8. The number of aromatic nitrogens is 1. The van der Waals surface area contributed by atoms with E-state index >= 15 is 0 Å². The zero-order valence-corrected chi connectivity index (χ0v) is 27.0. The summed E-state index contributed by atoms with van der Waals surface area (Å²) in [5.74, 6) is 0.445. The number of rotatable bonds is 11. The van der Waals surface area contributed by atoms with Crippen LogP contribution < -0.4 is 0 Å². The van der Waals surface area contributed by atoms with E-state index in [2.05, 4.69) is 134 Å². The van der Waals surface area contributed by atoms with E-state index in [0.29, 0.717) is 13.0 Å². The van der Waals surface area contributed by atoms with Crippen LogP contribution in [0, 0.1) is 0 Å². The molecule has 0 fully saturated rings. The molecule has 7 rings (SSSR count). The Kier molecular flexibility index (Phi) is 8.71. The van der Waals surface area contributed by atoms with Crippen molar-refractivity contribution in [3.05, 3.63) is 174 Å². The molecule has 0 spiro atoms. The molecule has 7 aromatic rings. The van der Waals surface area contributed by atoms with Crippen LogP contribution >= 0.6 is 0 Å². The number of fused-ring (bicyclic) bond motifs is 2. The van der Waals surface area contributed by atoms with Crippen LogP contribution in [-0.4, -0.2) is 28.6 Å². The predicted molar refractivity (Wildman–Crippen MR) is 192 cm³/mol. The molecule has 0 amide bonds. The van der Waals surface area contributed by atoms with Crippen molar-refractivity contribution in [3.63, 3.8) is 0 Å². The molecule has 0 bridgehead atoms. The fraction of sp³-hybridized carbons (Fsp3) is 0.186. The van der Waals surface area contributed by atoms with Gasteiger partial charge in [-0.15, -0.1) is 0 Å². The van der Waals surface area contributed by atoms with Crippen molar-refractivity contribution in [2.24, 2.45) is 0 Å². The molecular weight excluding hydrogens is 576 g/mol. The number of furan rings is 1. The van der Waals surface area contributed by atoms with Crippen LogP contribution in [0.1, 0.15) is 47.2 Å². The van der Waals surface area contributed by atoms with Gasteiger partial charge in [0.2, 0.25) is 0 Å². The minimum absolute atomic E-state index is 0.376. The number of hydrogen-bond acceptors (Lipinski definition) is 4. The van der Waals surface area contributed by atoms with E-state index in [-0.39, 0.29) is 5.92 Å². The van der Waals surface area contributed by atoms with Crippen LogP contribution in [0.2, 0.25) is 0 Å². The molecule has 234 valence electrons. The molecule has 47 heavy (non-hydrogen) atoms. The van der Waals surface area contributed by atoms with Crippen LogP contribution in [0.25, 0.3) is 33.0 Å². The number of nitrogens with zero attached hydrogens (tertiary/aromatic N) is 2. The molecule has 0 radical (unpaired) electrons. The quantitative estimate of drug-likeness (QED) is 0.157. The van der Waals surface area contributed by atoms with E-state index in [0.717, 1.165) is 68.3 Å². The second-order valence-corrected chi connectivity index (χ2v) is 12.5. The summed E-state index contributed by atoms with van der Waals surface area (Å²) >= 11 is 0. The van der Waals surface area contributed by atoms with Crippen LogP contribution in [0.3, 0.4) is 0 Å². The highest BCUT2D eigenvalue weighted by molar-refractivity contribution is 5.87. The van der Waals surface area contributed by atoms with Crippen molar-refractivity contribution in [1.82, 2.24) is 9.88 Å². The molecule has 2 aromatic heterocycles. The Balaban J connectivity index is 1.42. The fourth-order valence-electron chi connectivity index (χ4n) is 7.09.